The van der Waals surface area contributed by atoms with Gasteiger partial charge in [-0.15, -0.1) is 0 Å². The number of amidine groups is 1. The predicted octanol–water partition coefficient (Wildman–Crippen LogP) is 1.67. The zero-order valence-corrected chi connectivity index (χ0v) is 9.76. The number of hydrogen-bond acceptors (Lipinski definition) is 4. The molecule has 1 aromatic heterocycles. The third-order valence-electron chi connectivity index (χ3n) is 2.45. The SMILES string of the molecule is CN(c1cccc(F)c1)c1nccnc1C(=N)N. The third kappa shape index (κ3) is 2.27. The number of benzene rings is 1. The quantitative estimate of drug-likeness (QED) is 0.636. The Balaban J connectivity index is 2.46. The van der Waals surface area contributed by atoms with Crippen LogP contribution < -0.4 is 10.6 Å². The Hall–Kier alpha value is -2.50. The number of anilines is 2. The fourth-order valence-corrected chi connectivity index (χ4v) is 1.57. The molecule has 0 aliphatic rings. The molecule has 2 aromatic rings. The molecule has 3 N–H and O–H groups in total. The Morgan fingerprint density at radius 1 is 1.33 bits per heavy atom. The highest BCUT2D eigenvalue weighted by Gasteiger charge is 2.14. The molecule has 18 heavy (non-hydrogen) atoms. The van der Waals surface area contributed by atoms with Crippen LogP contribution in [0.15, 0.2) is 36.7 Å². The Morgan fingerprint density at radius 3 is 2.72 bits per heavy atom. The van der Waals surface area contributed by atoms with Crippen molar-refractivity contribution >= 4 is 17.3 Å². The van der Waals surface area contributed by atoms with E-state index in [1.165, 1.54) is 24.5 Å². The molecular formula is C12H12FN5. The predicted molar refractivity (Wildman–Crippen MR) is 67.5 cm³/mol. The highest BCUT2D eigenvalue weighted by atomic mass is 19.1. The lowest BCUT2D eigenvalue weighted by molar-refractivity contribution is 0.628. The summed E-state index contributed by atoms with van der Waals surface area (Å²) in [5, 5.41) is 7.45. The van der Waals surface area contributed by atoms with Crippen LogP contribution in [-0.4, -0.2) is 22.9 Å². The largest absolute Gasteiger partial charge is 0.382 e. The Bertz CT molecular complexity index is 584. The smallest absolute Gasteiger partial charge is 0.162 e. The Kier molecular flexibility index (Phi) is 3.18. The van der Waals surface area contributed by atoms with Crippen molar-refractivity contribution in [3.8, 4) is 0 Å². The summed E-state index contributed by atoms with van der Waals surface area (Å²) in [5.41, 5.74) is 6.32. The lowest BCUT2D eigenvalue weighted by Crippen LogP contribution is -2.21. The summed E-state index contributed by atoms with van der Waals surface area (Å²) in [4.78, 5) is 9.76. The van der Waals surface area contributed by atoms with Crippen LogP contribution in [0.3, 0.4) is 0 Å². The fraction of sp³-hybridized carbons (Fsp3) is 0.0833. The van der Waals surface area contributed by atoms with Gasteiger partial charge >= 0.3 is 0 Å². The first-order valence-corrected chi connectivity index (χ1v) is 5.24. The van der Waals surface area contributed by atoms with E-state index in [2.05, 4.69) is 9.97 Å². The van der Waals surface area contributed by atoms with Crippen LogP contribution in [0.4, 0.5) is 15.9 Å². The van der Waals surface area contributed by atoms with Crippen LogP contribution >= 0.6 is 0 Å². The number of nitrogens with two attached hydrogens (primary N) is 1. The molecule has 0 amide bonds. The van der Waals surface area contributed by atoms with Gasteiger partial charge in [0.05, 0.1) is 0 Å². The van der Waals surface area contributed by atoms with Gasteiger partial charge in [0.2, 0.25) is 0 Å². The number of nitrogens with one attached hydrogen (secondary N) is 1. The number of nitrogens with zero attached hydrogens (tertiary/aromatic N) is 3. The lowest BCUT2D eigenvalue weighted by atomic mass is 10.2. The van der Waals surface area contributed by atoms with Gasteiger partial charge < -0.3 is 10.6 Å². The van der Waals surface area contributed by atoms with Crippen molar-refractivity contribution in [2.75, 3.05) is 11.9 Å². The summed E-state index contributed by atoms with van der Waals surface area (Å²) in [6.07, 6.45) is 2.96. The molecule has 0 saturated heterocycles. The highest BCUT2D eigenvalue weighted by Crippen LogP contribution is 2.23. The first-order chi connectivity index (χ1) is 8.59. The molecule has 0 aliphatic heterocycles. The number of halogens is 1. The van der Waals surface area contributed by atoms with E-state index in [-0.39, 0.29) is 17.3 Å². The van der Waals surface area contributed by atoms with Crippen LogP contribution in [0.5, 0.6) is 0 Å². The van der Waals surface area contributed by atoms with E-state index in [1.54, 1.807) is 24.1 Å². The molecule has 0 atom stereocenters. The minimum Gasteiger partial charge on any atom is -0.382 e. The molecule has 0 spiro atoms. The van der Waals surface area contributed by atoms with E-state index in [4.69, 9.17) is 11.1 Å². The van der Waals surface area contributed by atoms with Crippen LogP contribution in [0.2, 0.25) is 0 Å². The average Bonchev–Trinajstić information content (AvgIpc) is 2.38. The molecule has 0 unspecified atom stereocenters. The lowest BCUT2D eigenvalue weighted by Gasteiger charge is -2.19. The van der Waals surface area contributed by atoms with Crippen molar-refractivity contribution in [3.63, 3.8) is 0 Å². The summed E-state index contributed by atoms with van der Waals surface area (Å²) < 4.78 is 13.2. The standard InChI is InChI=1S/C12H12FN5/c1-18(9-4-2-3-8(13)7-9)12-10(11(14)15)16-5-6-17-12/h2-7H,1H3,(H3,14,15). The zero-order chi connectivity index (χ0) is 13.1. The van der Waals surface area contributed by atoms with Gasteiger partial charge in [-0.2, -0.15) is 0 Å². The molecule has 92 valence electrons. The van der Waals surface area contributed by atoms with Gasteiger partial charge in [-0.1, -0.05) is 6.07 Å². The van der Waals surface area contributed by atoms with Crippen LogP contribution in [0, 0.1) is 11.2 Å². The minimum absolute atomic E-state index is 0.179. The van der Waals surface area contributed by atoms with E-state index >= 15 is 0 Å². The average molecular weight is 245 g/mol. The molecule has 2 rings (SSSR count). The third-order valence-corrected chi connectivity index (χ3v) is 2.45. The number of hydrogen-bond donors (Lipinski definition) is 2. The molecule has 0 saturated carbocycles. The first-order valence-electron chi connectivity index (χ1n) is 5.24. The van der Waals surface area contributed by atoms with E-state index in [0.717, 1.165) is 0 Å². The highest BCUT2D eigenvalue weighted by molar-refractivity contribution is 5.98. The second kappa shape index (κ2) is 4.79. The van der Waals surface area contributed by atoms with Gasteiger partial charge in [0.15, 0.2) is 5.82 Å². The van der Waals surface area contributed by atoms with E-state index < -0.39 is 0 Å². The van der Waals surface area contributed by atoms with Crippen molar-refractivity contribution in [2.45, 2.75) is 0 Å². The number of nitrogen functional groups attached to an aromatic ring is 1. The normalized spacial score (nSPS) is 10.1. The maximum Gasteiger partial charge on any atom is 0.162 e. The van der Waals surface area contributed by atoms with Gasteiger partial charge in [-0.25, -0.2) is 14.4 Å². The van der Waals surface area contributed by atoms with Gasteiger partial charge in [-0.3, -0.25) is 5.41 Å². The number of rotatable bonds is 3. The summed E-state index contributed by atoms with van der Waals surface area (Å²) in [5.74, 6) is -0.107. The van der Waals surface area contributed by atoms with Gasteiger partial charge in [0, 0.05) is 25.1 Å². The maximum absolute atomic E-state index is 13.2. The minimum atomic E-state index is -0.340. The topological polar surface area (TPSA) is 78.9 Å². The van der Waals surface area contributed by atoms with Crippen LogP contribution in [-0.2, 0) is 0 Å². The van der Waals surface area contributed by atoms with Crippen LogP contribution in [0.1, 0.15) is 5.69 Å². The van der Waals surface area contributed by atoms with Crippen molar-refractivity contribution in [2.24, 2.45) is 5.73 Å². The monoisotopic (exact) mass is 245 g/mol. The van der Waals surface area contributed by atoms with E-state index in [9.17, 15) is 4.39 Å². The van der Waals surface area contributed by atoms with Crippen molar-refractivity contribution in [1.82, 2.24) is 9.97 Å². The van der Waals surface area contributed by atoms with Crippen molar-refractivity contribution < 1.29 is 4.39 Å². The van der Waals surface area contributed by atoms with E-state index in [1.807, 2.05) is 0 Å². The summed E-state index contributed by atoms with van der Waals surface area (Å²) in [6, 6.07) is 6.07. The molecule has 0 aliphatic carbocycles. The molecule has 0 bridgehead atoms. The van der Waals surface area contributed by atoms with E-state index in [0.29, 0.717) is 11.5 Å². The van der Waals surface area contributed by atoms with Gasteiger partial charge in [0.25, 0.3) is 0 Å². The van der Waals surface area contributed by atoms with Crippen LogP contribution in [0.25, 0.3) is 0 Å². The molecular weight excluding hydrogens is 233 g/mol. The van der Waals surface area contributed by atoms with Gasteiger partial charge in [-0.05, 0) is 18.2 Å². The molecule has 0 fully saturated rings. The molecule has 0 radical (unpaired) electrons. The molecule has 5 nitrogen and oxygen atoms in total. The molecule has 1 heterocycles. The maximum atomic E-state index is 13.2. The zero-order valence-electron chi connectivity index (χ0n) is 9.76. The Morgan fingerprint density at radius 2 is 2.06 bits per heavy atom. The first kappa shape index (κ1) is 12.0. The second-order valence-electron chi connectivity index (χ2n) is 3.68. The van der Waals surface area contributed by atoms with Crippen molar-refractivity contribution in [3.05, 3.63) is 48.2 Å². The summed E-state index contributed by atoms with van der Waals surface area (Å²) in [6.45, 7) is 0. The summed E-state index contributed by atoms with van der Waals surface area (Å²) >= 11 is 0. The number of aromatic nitrogens is 2. The van der Waals surface area contributed by atoms with Gasteiger partial charge in [0.1, 0.15) is 17.3 Å². The second-order valence-corrected chi connectivity index (χ2v) is 3.68. The fourth-order valence-electron chi connectivity index (χ4n) is 1.57. The molecule has 6 heteroatoms. The summed E-state index contributed by atoms with van der Waals surface area (Å²) in [7, 11) is 1.71. The van der Waals surface area contributed by atoms with Crippen molar-refractivity contribution in [1.29, 1.82) is 5.41 Å². The molecule has 1 aromatic carbocycles. The Labute approximate surface area is 104 Å².